The summed E-state index contributed by atoms with van der Waals surface area (Å²) in [6.45, 7) is 6.77. The Morgan fingerprint density at radius 2 is 1.89 bits per heavy atom. The van der Waals surface area contributed by atoms with Crippen molar-refractivity contribution in [3.05, 3.63) is 29.3 Å². The van der Waals surface area contributed by atoms with E-state index in [9.17, 15) is 5.11 Å². The number of ether oxygens (including phenoxy) is 1. The van der Waals surface area contributed by atoms with Crippen LogP contribution in [0.1, 0.15) is 63.2 Å². The molecule has 1 atom stereocenters. The van der Waals surface area contributed by atoms with Crippen molar-refractivity contribution < 1.29 is 9.84 Å². The van der Waals surface area contributed by atoms with Gasteiger partial charge in [0.05, 0.1) is 12.7 Å². The van der Waals surface area contributed by atoms with Crippen LogP contribution >= 0.6 is 0 Å². The molecule has 18 heavy (non-hydrogen) atoms. The van der Waals surface area contributed by atoms with Gasteiger partial charge in [-0.1, -0.05) is 44.2 Å². The third-order valence-corrected chi connectivity index (χ3v) is 3.12. The van der Waals surface area contributed by atoms with E-state index in [2.05, 4.69) is 6.92 Å². The first-order valence-electron chi connectivity index (χ1n) is 7.06. The monoisotopic (exact) mass is 250 g/mol. The van der Waals surface area contributed by atoms with Gasteiger partial charge in [-0.25, -0.2) is 0 Å². The van der Waals surface area contributed by atoms with Crippen LogP contribution in [0.4, 0.5) is 0 Å². The molecule has 1 rings (SSSR count). The maximum absolute atomic E-state index is 9.72. The molecule has 0 bridgehead atoms. The fourth-order valence-electron chi connectivity index (χ4n) is 2.01. The van der Waals surface area contributed by atoms with Gasteiger partial charge in [-0.15, -0.1) is 0 Å². The van der Waals surface area contributed by atoms with Crippen molar-refractivity contribution in [2.24, 2.45) is 0 Å². The molecule has 1 aromatic carbocycles. The topological polar surface area (TPSA) is 29.5 Å². The molecule has 2 heteroatoms. The maximum Gasteiger partial charge on any atom is 0.125 e. The van der Waals surface area contributed by atoms with Crippen molar-refractivity contribution in [2.75, 3.05) is 6.61 Å². The molecule has 0 saturated carbocycles. The van der Waals surface area contributed by atoms with Gasteiger partial charge in [0.25, 0.3) is 0 Å². The Bertz CT molecular complexity index is 345. The molecule has 0 unspecified atom stereocenters. The van der Waals surface area contributed by atoms with Crippen molar-refractivity contribution in [3.63, 3.8) is 0 Å². The highest BCUT2D eigenvalue weighted by Gasteiger charge is 2.09. The Morgan fingerprint density at radius 1 is 1.17 bits per heavy atom. The van der Waals surface area contributed by atoms with Crippen LogP contribution in [0, 0.1) is 6.92 Å². The smallest absolute Gasteiger partial charge is 0.125 e. The molecule has 1 N–H and O–H groups in total. The Labute approximate surface area is 111 Å². The Hall–Kier alpha value is -1.02. The fourth-order valence-corrected chi connectivity index (χ4v) is 2.01. The summed E-state index contributed by atoms with van der Waals surface area (Å²) in [4.78, 5) is 0. The number of hydrogen-bond donors (Lipinski definition) is 1. The molecule has 0 spiro atoms. The van der Waals surface area contributed by atoms with Crippen LogP contribution in [0.15, 0.2) is 18.2 Å². The lowest BCUT2D eigenvalue weighted by Crippen LogP contribution is -2.02. The third kappa shape index (κ3) is 5.09. The van der Waals surface area contributed by atoms with E-state index >= 15 is 0 Å². The number of aliphatic hydroxyl groups is 1. The lowest BCUT2D eigenvalue weighted by molar-refractivity contribution is 0.190. The number of hydrogen-bond acceptors (Lipinski definition) is 2. The van der Waals surface area contributed by atoms with Crippen molar-refractivity contribution in [3.8, 4) is 5.75 Å². The van der Waals surface area contributed by atoms with Crippen LogP contribution in [0.25, 0.3) is 0 Å². The van der Waals surface area contributed by atoms with E-state index in [-0.39, 0.29) is 0 Å². The van der Waals surface area contributed by atoms with Crippen molar-refractivity contribution in [1.29, 1.82) is 0 Å². The summed E-state index contributed by atoms with van der Waals surface area (Å²) in [5.41, 5.74) is 2.05. The van der Waals surface area contributed by atoms with E-state index < -0.39 is 6.10 Å². The number of benzene rings is 1. The highest BCUT2D eigenvalue weighted by Crippen LogP contribution is 2.26. The summed E-state index contributed by atoms with van der Waals surface area (Å²) in [5.74, 6) is 0.825. The quantitative estimate of drug-likeness (QED) is 0.693. The first-order chi connectivity index (χ1) is 8.65. The Kier molecular flexibility index (Phi) is 6.81. The normalized spacial score (nSPS) is 12.4. The second kappa shape index (κ2) is 8.15. The van der Waals surface area contributed by atoms with Gasteiger partial charge in [-0.2, -0.15) is 0 Å². The fraction of sp³-hybridized carbons (Fsp3) is 0.625. The number of unbranched alkanes of at least 4 members (excludes halogenated alkanes) is 4. The highest BCUT2D eigenvalue weighted by molar-refractivity contribution is 5.38. The maximum atomic E-state index is 9.72. The van der Waals surface area contributed by atoms with Crippen LogP contribution in [0.3, 0.4) is 0 Å². The first-order valence-corrected chi connectivity index (χ1v) is 7.06. The lowest BCUT2D eigenvalue weighted by atomic mass is 10.1. The molecule has 0 amide bonds. The van der Waals surface area contributed by atoms with Crippen LogP contribution in [-0.2, 0) is 0 Å². The molecule has 0 heterocycles. The van der Waals surface area contributed by atoms with Gasteiger partial charge in [0, 0.05) is 5.56 Å². The van der Waals surface area contributed by atoms with E-state index in [1.165, 1.54) is 25.7 Å². The van der Waals surface area contributed by atoms with Gasteiger partial charge >= 0.3 is 0 Å². The summed E-state index contributed by atoms with van der Waals surface area (Å²) in [7, 11) is 0. The van der Waals surface area contributed by atoms with Gasteiger partial charge < -0.3 is 9.84 Å². The summed E-state index contributed by atoms with van der Waals surface area (Å²) in [5, 5.41) is 9.72. The summed E-state index contributed by atoms with van der Waals surface area (Å²) >= 11 is 0. The van der Waals surface area contributed by atoms with E-state index in [0.29, 0.717) is 0 Å². The van der Waals surface area contributed by atoms with Gasteiger partial charge in [0.15, 0.2) is 0 Å². The van der Waals surface area contributed by atoms with E-state index in [0.717, 1.165) is 29.9 Å². The summed E-state index contributed by atoms with van der Waals surface area (Å²) in [6.07, 6.45) is 5.71. The van der Waals surface area contributed by atoms with Gasteiger partial charge in [0.1, 0.15) is 5.75 Å². The second-order valence-electron chi connectivity index (χ2n) is 4.98. The Balaban J connectivity index is 2.42. The van der Waals surface area contributed by atoms with Crippen LogP contribution in [-0.4, -0.2) is 11.7 Å². The summed E-state index contributed by atoms with van der Waals surface area (Å²) in [6, 6.07) is 5.98. The molecular formula is C16H26O2. The molecule has 1 aromatic rings. The molecule has 102 valence electrons. The van der Waals surface area contributed by atoms with E-state index in [1.807, 2.05) is 25.1 Å². The molecule has 0 radical (unpaired) electrons. The number of rotatable bonds is 8. The number of aryl methyl sites for hydroxylation is 1. The zero-order valence-corrected chi connectivity index (χ0v) is 11.9. The minimum Gasteiger partial charge on any atom is -0.493 e. The zero-order chi connectivity index (χ0) is 13.4. The molecule has 0 saturated heterocycles. The third-order valence-electron chi connectivity index (χ3n) is 3.12. The summed E-state index contributed by atoms with van der Waals surface area (Å²) < 4.78 is 5.77. The minimum absolute atomic E-state index is 0.472. The number of aliphatic hydroxyl groups excluding tert-OH is 1. The molecule has 0 aromatic heterocycles. The predicted octanol–water partition coefficient (Wildman–Crippen LogP) is 4.40. The largest absolute Gasteiger partial charge is 0.493 e. The molecule has 0 fully saturated rings. The first kappa shape index (κ1) is 15.0. The second-order valence-corrected chi connectivity index (χ2v) is 4.98. The van der Waals surface area contributed by atoms with Crippen molar-refractivity contribution in [2.45, 2.75) is 59.0 Å². The molecule has 0 aliphatic carbocycles. The standard InChI is InChI=1S/C16H26O2/c1-4-5-6-7-8-11-18-16-10-9-13(2)12-15(16)14(3)17/h9-10,12,14,17H,4-8,11H2,1-3H3/t14-/m1/s1. The van der Waals surface area contributed by atoms with E-state index in [1.54, 1.807) is 6.92 Å². The molecule has 2 nitrogen and oxygen atoms in total. The molecular weight excluding hydrogens is 224 g/mol. The lowest BCUT2D eigenvalue weighted by Gasteiger charge is -2.14. The SMILES string of the molecule is CCCCCCCOc1ccc(C)cc1[C@@H](C)O. The van der Waals surface area contributed by atoms with Crippen molar-refractivity contribution >= 4 is 0 Å². The minimum atomic E-state index is -0.472. The zero-order valence-electron chi connectivity index (χ0n) is 11.9. The Morgan fingerprint density at radius 3 is 2.56 bits per heavy atom. The van der Waals surface area contributed by atoms with Gasteiger partial charge in [-0.3, -0.25) is 0 Å². The predicted molar refractivity (Wildman–Crippen MR) is 76.1 cm³/mol. The van der Waals surface area contributed by atoms with Gasteiger partial charge in [-0.05, 0) is 32.4 Å². The molecule has 0 aliphatic heterocycles. The van der Waals surface area contributed by atoms with Crippen LogP contribution in [0.2, 0.25) is 0 Å². The highest BCUT2D eigenvalue weighted by atomic mass is 16.5. The molecule has 0 aliphatic rings. The van der Waals surface area contributed by atoms with Crippen molar-refractivity contribution in [1.82, 2.24) is 0 Å². The van der Waals surface area contributed by atoms with E-state index in [4.69, 9.17) is 4.74 Å². The van der Waals surface area contributed by atoms with Crippen LogP contribution in [0.5, 0.6) is 5.75 Å². The van der Waals surface area contributed by atoms with Gasteiger partial charge in [0.2, 0.25) is 0 Å². The average molecular weight is 250 g/mol. The van der Waals surface area contributed by atoms with Crippen LogP contribution < -0.4 is 4.74 Å². The average Bonchev–Trinajstić information content (AvgIpc) is 2.35.